The average molecular weight is 296 g/mol. The molecule has 0 spiro atoms. The summed E-state index contributed by atoms with van der Waals surface area (Å²) in [6.07, 6.45) is 1.84. The fraction of sp³-hybridized carbons (Fsp3) is 0.294. The number of H-pyrrole nitrogens is 1. The van der Waals surface area contributed by atoms with Gasteiger partial charge in [-0.05, 0) is 25.1 Å². The number of fused-ring (bicyclic) bond motifs is 1. The van der Waals surface area contributed by atoms with Crippen LogP contribution in [0, 0.1) is 0 Å². The number of rotatable bonds is 6. The first kappa shape index (κ1) is 14.5. The summed E-state index contributed by atoms with van der Waals surface area (Å²) < 4.78 is 5.17. The van der Waals surface area contributed by atoms with Crippen molar-refractivity contribution in [2.75, 3.05) is 31.7 Å². The lowest BCUT2D eigenvalue weighted by atomic mass is 10.1. The number of nitrogens with one attached hydrogen (secondary N) is 1. The molecule has 0 saturated heterocycles. The summed E-state index contributed by atoms with van der Waals surface area (Å²) >= 11 is 0. The Balaban J connectivity index is 1.97. The van der Waals surface area contributed by atoms with Crippen molar-refractivity contribution in [3.63, 3.8) is 0 Å². The van der Waals surface area contributed by atoms with E-state index in [4.69, 9.17) is 4.74 Å². The van der Waals surface area contributed by atoms with Crippen LogP contribution in [0.1, 0.15) is 6.92 Å². The van der Waals surface area contributed by atoms with Gasteiger partial charge in [-0.3, -0.25) is 5.10 Å². The fourth-order valence-electron chi connectivity index (χ4n) is 2.56. The molecule has 0 aliphatic carbocycles. The molecular formula is C17H20N4O. The van der Waals surface area contributed by atoms with Gasteiger partial charge in [0.2, 0.25) is 0 Å². The molecule has 0 bridgehead atoms. The van der Waals surface area contributed by atoms with Crippen molar-refractivity contribution in [2.24, 2.45) is 0 Å². The molecule has 0 atom stereocenters. The van der Waals surface area contributed by atoms with Gasteiger partial charge >= 0.3 is 0 Å². The zero-order valence-corrected chi connectivity index (χ0v) is 12.9. The number of nitrogens with zero attached hydrogens (tertiary/aromatic N) is 3. The third-order valence-electron chi connectivity index (χ3n) is 3.76. The van der Waals surface area contributed by atoms with Crippen LogP contribution < -0.4 is 4.90 Å². The predicted molar refractivity (Wildman–Crippen MR) is 89.1 cm³/mol. The van der Waals surface area contributed by atoms with Crippen LogP contribution in [0.2, 0.25) is 0 Å². The largest absolute Gasteiger partial charge is 0.383 e. The molecule has 114 valence electrons. The average Bonchev–Trinajstić information content (AvgIpc) is 3.00. The third kappa shape index (κ3) is 2.80. The van der Waals surface area contributed by atoms with Crippen LogP contribution in [0.25, 0.3) is 22.2 Å². The van der Waals surface area contributed by atoms with Crippen LogP contribution in [0.4, 0.5) is 5.82 Å². The molecule has 5 nitrogen and oxygen atoms in total. The monoisotopic (exact) mass is 296 g/mol. The van der Waals surface area contributed by atoms with Crippen LogP contribution in [0.3, 0.4) is 0 Å². The molecule has 2 aromatic heterocycles. The number of hydrogen-bond acceptors (Lipinski definition) is 4. The Morgan fingerprint density at radius 3 is 2.91 bits per heavy atom. The van der Waals surface area contributed by atoms with E-state index in [1.807, 2.05) is 30.5 Å². The molecule has 5 heteroatoms. The van der Waals surface area contributed by atoms with E-state index < -0.39 is 0 Å². The highest BCUT2D eigenvalue weighted by atomic mass is 16.5. The van der Waals surface area contributed by atoms with E-state index in [0.29, 0.717) is 6.61 Å². The first-order chi connectivity index (χ1) is 10.8. The smallest absolute Gasteiger partial charge is 0.129 e. The van der Waals surface area contributed by atoms with Gasteiger partial charge in [0, 0.05) is 37.3 Å². The molecule has 0 amide bonds. The lowest BCUT2D eigenvalue weighted by molar-refractivity contribution is 0.205. The molecule has 1 N–H and O–H groups in total. The zero-order chi connectivity index (χ0) is 15.4. The van der Waals surface area contributed by atoms with Crippen LogP contribution in [-0.2, 0) is 4.74 Å². The number of ether oxygens (including phenoxy) is 1. The first-order valence-electron chi connectivity index (χ1n) is 7.47. The second-order valence-corrected chi connectivity index (χ2v) is 5.09. The Morgan fingerprint density at radius 1 is 1.23 bits per heavy atom. The molecule has 0 unspecified atom stereocenters. The number of benzene rings is 1. The summed E-state index contributed by atoms with van der Waals surface area (Å²) in [4.78, 5) is 6.68. The molecule has 0 fully saturated rings. The molecule has 3 aromatic rings. The van der Waals surface area contributed by atoms with E-state index in [1.165, 1.54) is 0 Å². The number of methoxy groups -OCH3 is 1. The molecule has 0 saturated carbocycles. The second-order valence-electron chi connectivity index (χ2n) is 5.09. The van der Waals surface area contributed by atoms with E-state index >= 15 is 0 Å². The Labute approximate surface area is 129 Å². The zero-order valence-electron chi connectivity index (χ0n) is 12.9. The maximum absolute atomic E-state index is 5.17. The van der Waals surface area contributed by atoms with Crippen molar-refractivity contribution < 1.29 is 4.74 Å². The Hall–Kier alpha value is -2.40. The van der Waals surface area contributed by atoms with E-state index in [0.717, 1.165) is 41.1 Å². The number of hydrogen-bond donors (Lipinski definition) is 1. The van der Waals surface area contributed by atoms with Gasteiger partial charge in [-0.15, -0.1) is 0 Å². The van der Waals surface area contributed by atoms with Crippen molar-refractivity contribution in [3.05, 3.63) is 42.6 Å². The number of aromatic nitrogens is 3. The maximum atomic E-state index is 5.17. The normalized spacial score (nSPS) is 11.0. The highest BCUT2D eigenvalue weighted by Crippen LogP contribution is 2.27. The molecular weight excluding hydrogens is 276 g/mol. The Morgan fingerprint density at radius 2 is 2.09 bits per heavy atom. The summed E-state index contributed by atoms with van der Waals surface area (Å²) in [5.74, 6) is 0.948. The minimum Gasteiger partial charge on any atom is -0.383 e. The van der Waals surface area contributed by atoms with Gasteiger partial charge in [0.25, 0.3) is 0 Å². The molecule has 0 aliphatic heterocycles. The lowest BCUT2D eigenvalue weighted by Crippen LogP contribution is -2.27. The number of pyridine rings is 1. The van der Waals surface area contributed by atoms with Gasteiger partial charge < -0.3 is 9.64 Å². The molecule has 3 rings (SSSR count). The molecule has 22 heavy (non-hydrogen) atoms. The van der Waals surface area contributed by atoms with E-state index in [1.54, 1.807) is 7.11 Å². The predicted octanol–water partition coefficient (Wildman–Crippen LogP) is 3.10. The van der Waals surface area contributed by atoms with E-state index in [9.17, 15) is 0 Å². The van der Waals surface area contributed by atoms with Gasteiger partial charge in [-0.1, -0.05) is 18.2 Å². The fourth-order valence-corrected chi connectivity index (χ4v) is 2.56. The van der Waals surface area contributed by atoms with E-state index in [2.05, 4.69) is 39.1 Å². The van der Waals surface area contributed by atoms with Gasteiger partial charge in [0.05, 0.1) is 12.1 Å². The Kier molecular flexibility index (Phi) is 4.34. The van der Waals surface area contributed by atoms with Crippen molar-refractivity contribution in [2.45, 2.75) is 6.92 Å². The molecule has 0 aliphatic rings. The van der Waals surface area contributed by atoms with Crippen LogP contribution in [0.5, 0.6) is 0 Å². The third-order valence-corrected chi connectivity index (χ3v) is 3.76. The number of anilines is 1. The number of likely N-dealkylation sites (N-methyl/N-ethyl adjacent to an activating group) is 1. The standard InChI is InChI=1S/C17H20N4O/c1-3-21(10-11-22-2)16-12-13(8-9-18-16)17-14-6-4-5-7-15(14)19-20-17/h4-9,12H,3,10-11H2,1-2H3,(H,19,20). The summed E-state index contributed by atoms with van der Waals surface area (Å²) in [7, 11) is 1.72. The van der Waals surface area contributed by atoms with Crippen molar-refractivity contribution in [1.29, 1.82) is 0 Å². The summed E-state index contributed by atoms with van der Waals surface area (Å²) in [5, 5.41) is 8.66. The number of para-hydroxylation sites is 1. The van der Waals surface area contributed by atoms with Crippen LogP contribution in [0.15, 0.2) is 42.6 Å². The highest BCUT2D eigenvalue weighted by Gasteiger charge is 2.11. The SMILES string of the molecule is CCN(CCOC)c1cc(-c2n[nH]c3ccccc23)ccn1. The lowest BCUT2D eigenvalue weighted by Gasteiger charge is -2.21. The van der Waals surface area contributed by atoms with E-state index in [-0.39, 0.29) is 0 Å². The van der Waals surface area contributed by atoms with Gasteiger partial charge in [-0.2, -0.15) is 5.10 Å². The van der Waals surface area contributed by atoms with Gasteiger partial charge in [0.1, 0.15) is 11.5 Å². The minimum absolute atomic E-state index is 0.686. The quantitative estimate of drug-likeness (QED) is 0.759. The summed E-state index contributed by atoms with van der Waals surface area (Å²) in [6.45, 7) is 4.52. The topological polar surface area (TPSA) is 54.0 Å². The van der Waals surface area contributed by atoms with Crippen molar-refractivity contribution in [3.8, 4) is 11.3 Å². The van der Waals surface area contributed by atoms with Crippen LogP contribution >= 0.6 is 0 Å². The maximum Gasteiger partial charge on any atom is 0.129 e. The summed E-state index contributed by atoms with van der Waals surface area (Å²) in [6, 6.07) is 12.2. The first-order valence-corrected chi connectivity index (χ1v) is 7.47. The Bertz CT molecular complexity index is 753. The molecule has 0 radical (unpaired) electrons. The molecule has 2 heterocycles. The van der Waals surface area contributed by atoms with Crippen LogP contribution in [-0.4, -0.2) is 42.0 Å². The van der Waals surface area contributed by atoms with Crippen molar-refractivity contribution >= 4 is 16.7 Å². The minimum atomic E-state index is 0.686. The molecule has 1 aromatic carbocycles. The number of aromatic amines is 1. The summed E-state index contributed by atoms with van der Waals surface area (Å²) in [5.41, 5.74) is 3.07. The second kappa shape index (κ2) is 6.58. The van der Waals surface area contributed by atoms with Crippen molar-refractivity contribution in [1.82, 2.24) is 15.2 Å². The highest BCUT2D eigenvalue weighted by molar-refractivity contribution is 5.93. The van der Waals surface area contributed by atoms with Gasteiger partial charge in [0.15, 0.2) is 0 Å². The van der Waals surface area contributed by atoms with Gasteiger partial charge in [-0.25, -0.2) is 4.98 Å².